The Morgan fingerprint density at radius 2 is 1.83 bits per heavy atom. The zero-order chi connectivity index (χ0) is 12.5. The van der Waals surface area contributed by atoms with Crippen LogP contribution in [0.2, 0.25) is 0 Å². The van der Waals surface area contributed by atoms with Gasteiger partial charge in [-0.15, -0.1) is 0 Å². The summed E-state index contributed by atoms with van der Waals surface area (Å²) in [7, 11) is 0. The van der Waals surface area contributed by atoms with Gasteiger partial charge in [-0.1, -0.05) is 49.4 Å². The maximum Gasteiger partial charge on any atom is -0.00106 e. The maximum atomic E-state index is 4.36. The minimum absolute atomic E-state index is 0.603. The Morgan fingerprint density at radius 1 is 1.06 bits per heavy atom. The van der Waals surface area contributed by atoms with E-state index in [1.165, 1.54) is 27.8 Å². The molecule has 0 heterocycles. The van der Waals surface area contributed by atoms with Gasteiger partial charge in [0.15, 0.2) is 0 Å². The molecule has 0 fully saturated rings. The van der Waals surface area contributed by atoms with E-state index in [-0.39, 0.29) is 0 Å². The highest BCUT2D eigenvalue weighted by molar-refractivity contribution is 7.80. The summed E-state index contributed by atoms with van der Waals surface area (Å²) in [5, 5.41) is 0. The van der Waals surface area contributed by atoms with Crippen molar-refractivity contribution in [2.24, 2.45) is 0 Å². The van der Waals surface area contributed by atoms with Crippen LogP contribution < -0.4 is 0 Å². The predicted octanol–water partition coefficient (Wildman–Crippen LogP) is 4.68. The summed E-state index contributed by atoms with van der Waals surface area (Å²) in [5.74, 6) is 1.56. The Balaban J connectivity index is 2.08. The third-order valence-corrected chi connectivity index (χ3v) is 4.24. The molecule has 0 aliphatic heterocycles. The molecule has 1 aliphatic rings. The lowest BCUT2D eigenvalue weighted by molar-refractivity contribution is 0.735. The van der Waals surface area contributed by atoms with Crippen molar-refractivity contribution in [3.05, 3.63) is 59.2 Å². The number of benzene rings is 2. The fourth-order valence-electron chi connectivity index (χ4n) is 2.99. The van der Waals surface area contributed by atoms with Gasteiger partial charge in [0.25, 0.3) is 0 Å². The summed E-state index contributed by atoms with van der Waals surface area (Å²) in [6.45, 7) is 2.31. The number of rotatable bonds is 3. The van der Waals surface area contributed by atoms with E-state index in [0.29, 0.717) is 5.92 Å². The number of hydrogen-bond donors (Lipinski definition) is 1. The van der Waals surface area contributed by atoms with E-state index >= 15 is 0 Å². The van der Waals surface area contributed by atoms with Gasteiger partial charge < -0.3 is 0 Å². The van der Waals surface area contributed by atoms with Crippen molar-refractivity contribution in [3.8, 4) is 11.1 Å². The molecule has 1 unspecified atom stereocenters. The molecular formula is C17H18S. The van der Waals surface area contributed by atoms with E-state index in [9.17, 15) is 0 Å². The van der Waals surface area contributed by atoms with Gasteiger partial charge in [-0.2, -0.15) is 12.6 Å². The normalized spacial score (nSPS) is 14.1. The summed E-state index contributed by atoms with van der Waals surface area (Å²) in [5.41, 5.74) is 7.38. The first-order valence-corrected chi connectivity index (χ1v) is 7.25. The molecule has 2 aromatic rings. The smallest absolute Gasteiger partial charge is 0.00106 e. The Kier molecular flexibility index (Phi) is 3.17. The summed E-state index contributed by atoms with van der Waals surface area (Å²) < 4.78 is 0. The summed E-state index contributed by atoms with van der Waals surface area (Å²) in [4.78, 5) is 0. The fraction of sp³-hybridized carbons (Fsp3) is 0.294. The van der Waals surface area contributed by atoms with Crippen LogP contribution in [0.4, 0.5) is 0 Å². The van der Waals surface area contributed by atoms with Crippen LogP contribution >= 0.6 is 12.6 Å². The second kappa shape index (κ2) is 4.81. The van der Waals surface area contributed by atoms with E-state index in [1.807, 2.05) is 0 Å². The first-order chi connectivity index (χ1) is 8.81. The molecule has 0 spiro atoms. The average molecular weight is 254 g/mol. The molecule has 18 heavy (non-hydrogen) atoms. The van der Waals surface area contributed by atoms with Crippen molar-refractivity contribution < 1.29 is 0 Å². The Morgan fingerprint density at radius 3 is 2.67 bits per heavy atom. The van der Waals surface area contributed by atoms with Crippen molar-refractivity contribution in [3.63, 3.8) is 0 Å². The molecular weight excluding hydrogens is 236 g/mol. The summed E-state index contributed by atoms with van der Waals surface area (Å²) in [6, 6.07) is 15.5. The van der Waals surface area contributed by atoms with Crippen LogP contribution in [0.1, 0.15) is 36.0 Å². The Bertz CT molecular complexity index is 572. The molecule has 0 aromatic heterocycles. The van der Waals surface area contributed by atoms with E-state index < -0.39 is 0 Å². The van der Waals surface area contributed by atoms with Gasteiger partial charge in [0, 0.05) is 0 Å². The zero-order valence-electron chi connectivity index (χ0n) is 10.7. The second-order valence-corrected chi connectivity index (χ2v) is 5.57. The first-order valence-electron chi connectivity index (χ1n) is 6.62. The largest absolute Gasteiger partial charge is 0.179 e. The van der Waals surface area contributed by atoms with E-state index in [0.717, 1.165) is 18.6 Å². The molecule has 1 atom stereocenters. The number of hydrogen-bond acceptors (Lipinski definition) is 1. The Hall–Kier alpha value is -1.21. The highest BCUT2D eigenvalue weighted by Crippen LogP contribution is 2.40. The lowest BCUT2D eigenvalue weighted by Crippen LogP contribution is -1.99. The molecule has 3 rings (SSSR count). The highest BCUT2D eigenvalue weighted by Gasteiger charge is 2.21. The minimum atomic E-state index is 0.603. The summed E-state index contributed by atoms with van der Waals surface area (Å²) in [6.07, 6.45) is 2.24. The highest BCUT2D eigenvalue weighted by atomic mass is 32.1. The van der Waals surface area contributed by atoms with Gasteiger partial charge in [-0.25, -0.2) is 0 Å². The molecule has 1 heteroatoms. The van der Waals surface area contributed by atoms with Crippen LogP contribution in [-0.4, -0.2) is 5.75 Å². The quantitative estimate of drug-likeness (QED) is 0.645. The standard InChI is InChI=1S/C17H18S/c1-12(9-10-18)14-7-4-8-16-15-6-3-2-5-13(15)11-17(14)16/h2-8,12,18H,9-11H2,1H3. The predicted molar refractivity (Wildman–Crippen MR) is 81.6 cm³/mol. The second-order valence-electron chi connectivity index (χ2n) is 5.12. The van der Waals surface area contributed by atoms with Crippen molar-refractivity contribution in [2.75, 3.05) is 5.75 Å². The molecule has 0 radical (unpaired) electrons. The molecule has 0 N–H and O–H groups in total. The average Bonchev–Trinajstić information content (AvgIpc) is 2.77. The third-order valence-electron chi connectivity index (χ3n) is 3.98. The first kappa shape index (κ1) is 11.9. The van der Waals surface area contributed by atoms with Crippen molar-refractivity contribution in [1.82, 2.24) is 0 Å². The van der Waals surface area contributed by atoms with Crippen molar-refractivity contribution in [2.45, 2.75) is 25.7 Å². The van der Waals surface area contributed by atoms with Crippen LogP contribution in [0.25, 0.3) is 11.1 Å². The number of fused-ring (bicyclic) bond motifs is 3. The maximum absolute atomic E-state index is 4.36. The monoisotopic (exact) mass is 254 g/mol. The lowest BCUT2D eigenvalue weighted by atomic mass is 9.91. The van der Waals surface area contributed by atoms with Crippen LogP contribution in [-0.2, 0) is 6.42 Å². The lowest BCUT2D eigenvalue weighted by Gasteiger charge is -2.15. The van der Waals surface area contributed by atoms with Crippen LogP contribution in [0.5, 0.6) is 0 Å². The molecule has 0 saturated heterocycles. The zero-order valence-corrected chi connectivity index (χ0v) is 11.6. The topological polar surface area (TPSA) is 0 Å². The van der Waals surface area contributed by atoms with Crippen molar-refractivity contribution >= 4 is 12.6 Å². The van der Waals surface area contributed by atoms with E-state index in [1.54, 1.807) is 0 Å². The van der Waals surface area contributed by atoms with Crippen LogP contribution in [0.3, 0.4) is 0 Å². The SMILES string of the molecule is CC(CCS)c1cccc2c1Cc1ccccc1-2. The molecule has 0 nitrogen and oxygen atoms in total. The summed E-state index contributed by atoms with van der Waals surface area (Å²) >= 11 is 4.36. The van der Waals surface area contributed by atoms with Gasteiger partial charge in [-0.3, -0.25) is 0 Å². The number of thiol groups is 1. The van der Waals surface area contributed by atoms with E-state index in [2.05, 4.69) is 62.0 Å². The van der Waals surface area contributed by atoms with Crippen molar-refractivity contribution in [1.29, 1.82) is 0 Å². The molecule has 2 aromatic carbocycles. The Labute approximate surface area is 114 Å². The fourth-order valence-corrected chi connectivity index (χ4v) is 3.38. The van der Waals surface area contributed by atoms with Gasteiger partial charge in [0.2, 0.25) is 0 Å². The molecule has 0 amide bonds. The van der Waals surface area contributed by atoms with E-state index in [4.69, 9.17) is 0 Å². The van der Waals surface area contributed by atoms with Gasteiger partial charge in [-0.05, 0) is 52.3 Å². The molecule has 0 saturated carbocycles. The van der Waals surface area contributed by atoms with Gasteiger partial charge >= 0.3 is 0 Å². The molecule has 92 valence electrons. The minimum Gasteiger partial charge on any atom is -0.179 e. The molecule has 1 aliphatic carbocycles. The third kappa shape index (κ3) is 1.87. The van der Waals surface area contributed by atoms with Gasteiger partial charge in [0.1, 0.15) is 0 Å². The van der Waals surface area contributed by atoms with Crippen LogP contribution in [0, 0.1) is 0 Å². The van der Waals surface area contributed by atoms with Crippen LogP contribution in [0.15, 0.2) is 42.5 Å². The van der Waals surface area contributed by atoms with Gasteiger partial charge in [0.05, 0.1) is 0 Å². The molecule has 0 bridgehead atoms.